The summed E-state index contributed by atoms with van der Waals surface area (Å²) in [5.41, 5.74) is 1.43. The van der Waals surface area contributed by atoms with Crippen molar-refractivity contribution in [3.05, 3.63) is 59.1 Å². The number of anilines is 1. The molecule has 7 nitrogen and oxygen atoms in total. The number of para-hydroxylation sites is 1. The van der Waals surface area contributed by atoms with E-state index in [-0.39, 0.29) is 12.5 Å². The molecule has 0 radical (unpaired) electrons. The van der Waals surface area contributed by atoms with E-state index < -0.39 is 12.1 Å². The lowest BCUT2D eigenvalue weighted by atomic mass is 10.1. The first kappa shape index (κ1) is 26.5. The topological polar surface area (TPSA) is 88.1 Å². The first-order valence-electron chi connectivity index (χ1n) is 11.3. The summed E-state index contributed by atoms with van der Waals surface area (Å²) in [6.45, 7) is 5.61. The Labute approximate surface area is 200 Å². The Morgan fingerprint density at radius 3 is 2.42 bits per heavy atom. The van der Waals surface area contributed by atoms with Crippen molar-refractivity contribution in [2.45, 2.75) is 45.6 Å². The van der Waals surface area contributed by atoms with Gasteiger partial charge in [-0.1, -0.05) is 55.6 Å². The van der Waals surface area contributed by atoms with Crippen LogP contribution in [0.15, 0.2) is 48.5 Å². The summed E-state index contributed by atoms with van der Waals surface area (Å²) in [7, 11) is 0. The van der Waals surface area contributed by atoms with E-state index in [1.54, 1.807) is 36.1 Å². The number of nitrogens with zero attached hydrogens (tertiary/aromatic N) is 1. The summed E-state index contributed by atoms with van der Waals surface area (Å²) in [6.07, 6.45) is 2.43. The van der Waals surface area contributed by atoms with Crippen LogP contribution < -0.4 is 10.1 Å². The van der Waals surface area contributed by atoms with Crippen LogP contribution in [0.4, 0.5) is 10.5 Å². The van der Waals surface area contributed by atoms with Crippen molar-refractivity contribution in [2.75, 3.05) is 31.6 Å². The third kappa shape index (κ3) is 9.32. The Balaban J connectivity index is 1.90. The third-order valence-electron chi connectivity index (χ3n) is 5.05. The van der Waals surface area contributed by atoms with Crippen LogP contribution in [-0.2, 0) is 16.0 Å². The number of carboxylic acid groups (broad SMARTS) is 1. The zero-order valence-corrected chi connectivity index (χ0v) is 20.0. The third-order valence-corrected chi connectivity index (χ3v) is 5.38. The summed E-state index contributed by atoms with van der Waals surface area (Å²) in [4.78, 5) is 25.8. The molecule has 1 unspecified atom stereocenters. The quantitative estimate of drug-likeness (QED) is 0.353. The minimum Gasteiger partial charge on any atom is -0.492 e. The molecule has 0 heterocycles. The maximum absolute atomic E-state index is 12.8. The number of hydrogen-bond donors (Lipinski definition) is 2. The van der Waals surface area contributed by atoms with Gasteiger partial charge in [0.2, 0.25) is 0 Å². The molecule has 0 saturated heterocycles. The van der Waals surface area contributed by atoms with Crippen LogP contribution in [0.3, 0.4) is 0 Å². The van der Waals surface area contributed by atoms with E-state index in [1.165, 1.54) is 0 Å². The number of ether oxygens (including phenoxy) is 2. The standard InChI is InChI=1S/C25H33ClN2O5/c1-3-5-8-15-28(25(31)27-22-10-7-6-9-21(22)26)16-17-33-20-13-11-19(12-14-20)18-23(24(29)30)32-4-2/h6-7,9-14,23H,3-5,8,15-18H2,1-2H3,(H,27,31)(H,29,30). The summed E-state index contributed by atoms with van der Waals surface area (Å²) in [5, 5.41) is 12.6. The molecule has 0 aromatic heterocycles. The highest BCUT2D eigenvalue weighted by molar-refractivity contribution is 6.33. The monoisotopic (exact) mass is 476 g/mol. The SMILES string of the molecule is CCCCCN(CCOc1ccc(CC(OCC)C(=O)O)cc1)C(=O)Nc1ccccc1Cl. The fraction of sp³-hybridized carbons (Fsp3) is 0.440. The molecule has 0 bridgehead atoms. The minimum atomic E-state index is -0.976. The molecule has 2 aromatic rings. The van der Waals surface area contributed by atoms with Crippen molar-refractivity contribution >= 4 is 29.3 Å². The van der Waals surface area contributed by atoms with E-state index in [1.807, 2.05) is 24.3 Å². The van der Waals surface area contributed by atoms with Gasteiger partial charge in [0, 0.05) is 19.6 Å². The molecule has 8 heteroatoms. The zero-order chi connectivity index (χ0) is 24.1. The number of urea groups is 1. The van der Waals surface area contributed by atoms with Crippen molar-refractivity contribution in [1.29, 1.82) is 0 Å². The highest BCUT2D eigenvalue weighted by atomic mass is 35.5. The van der Waals surface area contributed by atoms with E-state index in [0.717, 1.165) is 24.8 Å². The normalized spacial score (nSPS) is 11.6. The zero-order valence-electron chi connectivity index (χ0n) is 19.3. The number of carboxylic acids is 1. The highest BCUT2D eigenvalue weighted by Gasteiger charge is 2.18. The molecule has 180 valence electrons. The first-order valence-corrected chi connectivity index (χ1v) is 11.7. The molecule has 0 fully saturated rings. The Morgan fingerprint density at radius 1 is 1.06 bits per heavy atom. The van der Waals surface area contributed by atoms with Crippen molar-refractivity contribution in [1.82, 2.24) is 4.90 Å². The van der Waals surface area contributed by atoms with Crippen LogP contribution >= 0.6 is 11.6 Å². The van der Waals surface area contributed by atoms with Gasteiger partial charge in [0.05, 0.1) is 17.3 Å². The van der Waals surface area contributed by atoms with Gasteiger partial charge in [-0.3, -0.25) is 0 Å². The van der Waals surface area contributed by atoms with Crippen molar-refractivity contribution in [3.63, 3.8) is 0 Å². The number of rotatable bonds is 14. The smallest absolute Gasteiger partial charge is 0.333 e. The summed E-state index contributed by atoms with van der Waals surface area (Å²) >= 11 is 6.16. The predicted octanol–water partition coefficient (Wildman–Crippen LogP) is 5.48. The van der Waals surface area contributed by atoms with E-state index >= 15 is 0 Å². The van der Waals surface area contributed by atoms with E-state index in [2.05, 4.69) is 12.2 Å². The van der Waals surface area contributed by atoms with Gasteiger partial charge in [0.1, 0.15) is 12.4 Å². The Morgan fingerprint density at radius 2 is 1.79 bits per heavy atom. The number of unbranched alkanes of at least 4 members (excludes halogenated alkanes) is 2. The molecule has 0 aliphatic heterocycles. The number of aliphatic carboxylic acids is 1. The maximum Gasteiger partial charge on any atom is 0.333 e. The van der Waals surface area contributed by atoms with Crippen LogP contribution in [-0.4, -0.2) is 54.4 Å². The fourth-order valence-corrected chi connectivity index (χ4v) is 3.44. The number of hydrogen-bond acceptors (Lipinski definition) is 4. The lowest BCUT2D eigenvalue weighted by molar-refractivity contribution is -0.149. The number of halogens is 1. The fourth-order valence-electron chi connectivity index (χ4n) is 3.25. The van der Waals surface area contributed by atoms with Gasteiger partial charge in [-0.2, -0.15) is 0 Å². The summed E-state index contributed by atoms with van der Waals surface area (Å²) in [5.74, 6) is -0.322. The van der Waals surface area contributed by atoms with Crippen LogP contribution in [0, 0.1) is 0 Å². The molecular weight excluding hydrogens is 444 g/mol. The van der Waals surface area contributed by atoms with Crippen molar-refractivity contribution < 1.29 is 24.2 Å². The summed E-state index contributed by atoms with van der Waals surface area (Å²) < 4.78 is 11.1. The molecule has 2 amide bonds. The van der Waals surface area contributed by atoms with Gasteiger partial charge in [-0.25, -0.2) is 9.59 Å². The van der Waals surface area contributed by atoms with Crippen LogP contribution in [0.5, 0.6) is 5.75 Å². The van der Waals surface area contributed by atoms with E-state index in [0.29, 0.717) is 42.8 Å². The Kier molecular flexibility index (Phi) is 11.6. The number of nitrogens with one attached hydrogen (secondary N) is 1. The maximum atomic E-state index is 12.8. The molecule has 0 saturated carbocycles. The second kappa shape index (κ2) is 14.4. The lowest BCUT2D eigenvalue weighted by Gasteiger charge is -2.23. The Hall–Kier alpha value is -2.77. The minimum absolute atomic E-state index is 0.214. The van der Waals surface area contributed by atoms with Crippen molar-refractivity contribution in [3.8, 4) is 5.75 Å². The lowest BCUT2D eigenvalue weighted by Crippen LogP contribution is -2.38. The molecular formula is C25H33ClN2O5. The van der Waals surface area contributed by atoms with Gasteiger partial charge in [-0.15, -0.1) is 0 Å². The van der Waals surface area contributed by atoms with Gasteiger partial charge in [-0.05, 0) is 43.2 Å². The Bertz CT molecular complexity index is 875. The van der Waals surface area contributed by atoms with Crippen LogP contribution in [0.2, 0.25) is 5.02 Å². The van der Waals surface area contributed by atoms with E-state index in [9.17, 15) is 14.7 Å². The number of amides is 2. The number of carbonyl (C=O) groups excluding carboxylic acids is 1. The predicted molar refractivity (Wildman–Crippen MR) is 130 cm³/mol. The van der Waals surface area contributed by atoms with Gasteiger partial charge >= 0.3 is 12.0 Å². The first-order chi connectivity index (χ1) is 15.9. The molecule has 0 aliphatic rings. The molecule has 2 N–H and O–H groups in total. The number of benzene rings is 2. The van der Waals surface area contributed by atoms with Gasteiger partial charge in [0.15, 0.2) is 6.10 Å². The second-order valence-electron chi connectivity index (χ2n) is 7.58. The van der Waals surface area contributed by atoms with Gasteiger partial charge in [0.25, 0.3) is 0 Å². The molecule has 0 spiro atoms. The molecule has 0 aliphatic carbocycles. The van der Waals surface area contributed by atoms with E-state index in [4.69, 9.17) is 21.1 Å². The average Bonchev–Trinajstić information content (AvgIpc) is 2.80. The second-order valence-corrected chi connectivity index (χ2v) is 7.99. The number of carbonyl (C=O) groups is 2. The van der Waals surface area contributed by atoms with Crippen LogP contribution in [0.1, 0.15) is 38.7 Å². The summed E-state index contributed by atoms with van der Waals surface area (Å²) in [6, 6.07) is 14.2. The van der Waals surface area contributed by atoms with Crippen molar-refractivity contribution in [2.24, 2.45) is 0 Å². The molecule has 2 aromatic carbocycles. The van der Waals surface area contributed by atoms with Crippen LogP contribution in [0.25, 0.3) is 0 Å². The molecule has 2 rings (SSSR count). The molecule has 33 heavy (non-hydrogen) atoms. The molecule has 1 atom stereocenters. The average molecular weight is 477 g/mol. The highest BCUT2D eigenvalue weighted by Crippen LogP contribution is 2.21. The largest absolute Gasteiger partial charge is 0.492 e. The van der Waals surface area contributed by atoms with Gasteiger partial charge < -0.3 is 24.8 Å².